The molecule has 0 bridgehead atoms. The Morgan fingerprint density at radius 2 is 2.18 bits per heavy atom. The minimum atomic E-state index is -0.394. The molecule has 1 rings (SSSR count). The van der Waals surface area contributed by atoms with Gasteiger partial charge in [0.1, 0.15) is 5.82 Å². The molecule has 0 aliphatic heterocycles. The van der Waals surface area contributed by atoms with Gasteiger partial charge in [-0.3, -0.25) is 0 Å². The van der Waals surface area contributed by atoms with Crippen LogP contribution in [0.4, 0.5) is 4.39 Å². The number of nitrogens with zero attached hydrogens (tertiary/aromatic N) is 1. The quantitative estimate of drug-likeness (QED) is 0.820. The number of rotatable bonds is 5. The first kappa shape index (κ1) is 14.0. The van der Waals surface area contributed by atoms with Crippen molar-refractivity contribution < 1.29 is 4.39 Å². The number of benzene rings is 1. The third-order valence-corrected chi connectivity index (χ3v) is 2.73. The highest BCUT2D eigenvalue weighted by Gasteiger charge is 2.15. The van der Waals surface area contributed by atoms with Crippen LogP contribution in [0, 0.1) is 22.6 Å². The van der Waals surface area contributed by atoms with Gasteiger partial charge in [-0.05, 0) is 44.5 Å². The fraction of sp³-hybridized carbons (Fsp3) is 0.462. The summed E-state index contributed by atoms with van der Waals surface area (Å²) in [5.41, 5.74) is 0.624. The summed E-state index contributed by atoms with van der Waals surface area (Å²) in [4.78, 5) is 0. The summed E-state index contributed by atoms with van der Waals surface area (Å²) in [5, 5.41) is 12.2. The molecule has 0 aliphatic rings. The Morgan fingerprint density at radius 3 is 2.76 bits per heavy atom. The third-order valence-electron chi connectivity index (χ3n) is 2.44. The van der Waals surface area contributed by atoms with Crippen LogP contribution < -0.4 is 5.32 Å². The predicted molar refractivity (Wildman–Crippen MR) is 67.4 cm³/mol. The topological polar surface area (TPSA) is 35.8 Å². The van der Waals surface area contributed by atoms with E-state index in [0.717, 1.165) is 18.5 Å². The molecule has 0 saturated heterocycles. The summed E-state index contributed by atoms with van der Waals surface area (Å²) in [6.07, 6.45) is 0.765. The lowest BCUT2D eigenvalue weighted by molar-refractivity contribution is 0.447. The Bertz CT molecular complexity index is 424. The predicted octanol–water partition coefficient (Wildman–Crippen LogP) is 3.16. The molecule has 0 amide bonds. The second kappa shape index (κ2) is 6.00. The highest BCUT2D eigenvalue weighted by molar-refractivity contribution is 6.30. The molecule has 0 saturated carbocycles. The van der Waals surface area contributed by atoms with E-state index < -0.39 is 5.82 Å². The minimum absolute atomic E-state index is 0.153. The van der Waals surface area contributed by atoms with Crippen molar-refractivity contribution in [2.75, 3.05) is 13.1 Å². The molecule has 92 valence electrons. The van der Waals surface area contributed by atoms with Crippen LogP contribution in [0.1, 0.15) is 19.4 Å². The van der Waals surface area contributed by atoms with Crippen LogP contribution in [-0.4, -0.2) is 13.1 Å². The zero-order chi connectivity index (χ0) is 12.9. The van der Waals surface area contributed by atoms with E-state index in [4.69, 9.17) is 16.9 Å². The molecule has 1 aromatic carbocycles. The van der Waals surface area contributed by atoms with Crippen LogP contribution in [0.5, 0.6) is 0 Å². The lowest BCUT2D eigenvalue weighted by Crippen LogP contribution is -2.29. The summed E-state index contributed by atoms with van der Waals surface area (Å²) in [6, 6.07) is 6.95. The minimum Gasteiger partial charge on any atom is -0.315 e. The van der Waals surface area contributed by atoms with Gasteiger partial charge in [-0.25, -0.2) is 4.39 Å². The van der Waals surface area contributed by atoms with Crippen LogP contribution in [0.25, 0.3) is 0 Å². The van der Waals surface area contributed by atoms with Crippen molar-refractivity contribution in [1.29, 1.82) is 5.26 Å². The average Bonchev–Trinajstić information content (AvgIpc) is 2.29. The molecule has 0 aliphatic carbocycles. The molecule has 0 heterocycles. The Balaban J connectivity index is 2.37. The molecule has 2 nitrogen and oxygen atoms in total. The summed E-state index contributed by atoms with van der Waals surface area (Å²) >= 11 is 5.68. The lowest BCUT2D eigenvalue weighted by atomic mass is 9.96. The summed E-state index contributed by atoms with van der Waals surface area (Å²) in [6.45, 7) is 5.15. The molecule has 0 unspecified atom stereocenters. The molecular formula is C13H16ClFN2. The normalized spacial score (nSPS) is 11.2. The second-order valence-corrected chi connectivity index (χ2v) is 5.08. The van der Waals surface area contributed by atoms with Gasteiger partial charge in [0, 0.05) is 6.54 Å². The Morgan fingerprint density at radius 1 is 1.47 bits per heavy atom. The van der Waals surface area contributed by atoms with E-state index in [1.54, 1.807) is 12.1 Å². The first-order valence-corrected chi connectivity index (χ1v) is 5.88. The van der Waals surface area contributed by atoms with E-state index in [0.29, 0.717) is 6.54 Å². The van der Waals surface area contributed by atoms with Crippen molar-refractivity contribution in [2.45, 2.75) is 20.3 Å². The van der Waals surface area contributed by atoms with Gasteiger partial charge in [-0.1, -0.05) is 17.7 Å². The van der Waals surface area contributed by atoms with Crippen molar-refractivity contribution in [1.82, 2.24) is 5.32 Å². The largest absolute Gasteiger partial charge is 0.315 e. The highest BCUT2D eigenvalue weighted by Crippen LogP contribution is 2.16. The average molecular weight is 255 g/mol. The molecule has 1 aromatic rings. The van der Waals surface area contributed by atoms with Gasteiger partial charge in [-0.15, -0.1) is 0 Å². The molecule has 4 heteroatoms. The second-order valence-electron chi connectivity index (χ2n) is 4.67. The van der Waals surface area contributed by atoms with Crippen molar-refractivity contribution in [2.24, 2.45) is 5.41 Å². The van der Waals surface area contributed by atoms with E-state index >= 15 is 0 Å². The number of hydrogen-bond donors (Lipinski definition) is 1. The van der Waals surface area contributed by atoms with Gasteiger partial charge in [0.05, 0.1) is 16.5 Å². The Labute approximate surface area is 106 Å². The van der Waals surface area contributed by atoms with Crippen molar-refractivity contribution >= 4 is 11.6 Å². The van der Waals surface area contributed by atoms with Crippen molar-refractivity contribution in [3.05, 3.63) is 34.6 Å². The van der Waals surface area contributed by atoms with Crippen LogP contribution >= 0.6 is 11.6 Å². The molecule has 0 atom stereocenters. The van der Waals surface area contributed by atoms with Crippen LogP contribution in [0.2, 0.25) is 5.02 Å². The summed E-state index contributed by atoms with van der Waals surface area (Å²) < 4.78 is 12.9. The maximum absolute atomic E-state index is 12.9. The van der Waals surface area contributed by atoms with Gasteiger partial charge in [0.2, 0.25) is 0 Å². The monoisotopic (exact) mass is 254 g/mol. The van der Waals surface area contributed by atoms with Crippen molar-refractivity contribution in [3.63, 3.8) is 0 Å². The van der Waals surface area contributed by atoms with Gasteiger partial charge in [-0.2, -0.15) is 5.26 Å². The molecule has 0 fully saturated rings. The number of halogens is 2. The van der Waals surface area contributed by atoms with Gasteiger partial charge >= 0.3 is 0 Å². The smallest absolute Gasteiger partial charge is 0.141 e. The van der Waals surface area contributed by atoms with E-state index in [2.05, 4.69) is 11.4 Å². The van der Waals surface area contributed by atoms with E-state index in [1.165, 1.54) is 6.07 Å². The van der Waals surface area contributed by atoms with Gasteiger partial charge < -0.3 is 5.32 Å². The molecule has 17 heavy (non-hydrogen) atoms. The fourth-order valence-electron chi connectivity index (χ4n) is 1.37. The van der Waals surface area contributed by atoms with Gasteiger partial charge in [0.15, 0.2) is 0 Å². The van der Waals surface area contributed by atoms with Crippen LogP contribution in [0.3, 0.4) is 0 Å². The number of nitriles is 1. The van der Waals surface area contributed by atoms with Crippen LogP contribution in [-0.2, 0) is 6.42 Å². The van der Waals surface area contributed by atoms with E-state index in [-0.39, 0.29) is 10.4 Å². The number of nitrogens with one attached hydrogen (secondary N) is 1. The molecule has 0 spiro atoms. The first-order valence-electron chi connectivity index (χ1n) is 5.50. The van der Waals surface area contributed by atoms with E-state index in [1.807, 2.05) is 13.8 Å². The molecule has 0 aromatic heterocycles. The zero-order valence-electron chi connectivity index (χ0n) is 10.1. The standard InChI is InChI=1S/C13H16ClFN2/c1-13(2,8-16)9-17-6-5-10-3-4-12(15)11(14)7-10/h3-4,7,17H,5-6,9H2,1-2H3. The van der Waals surface area contributed by atoms with E-state index in [9.17, 15) is 4.39 Å². The summed E-state index contributed by atoms with van der Waals surface area (Å²) in [5.74, 6) is -0.394. The summed E-state index contributed by atoms with van der Waals surface area (Å²) in [7, 11) is 0. The lowest BCUT2D eigenvalue weighted by Gasteiger charge is -2.15. The SMILES string of the molecule is CC(C)(C#N)CNCCc1ccc(F)c(Cl)c1. The van der Waals surface area contributed by atoms with Crippen molar-refractivity contribution in [3.8, 4) is 6.07 Å². The van der Waals surface area contributed by atoms with Gasteiger partial charge in [0.25, 0.3) is 0 Å². The zero-order valence-corrected chi connectivity index (χ0v) is 10.8. The fourth-order valence-corrected chi connectivity index (χ4v) is 1.57. The maximum Gasteiger partial charge on any atom is 0.141 e. The van der Waals surface area contributed by atoms with Crippen LogP contribution in [0.15, 0.2) is 18.2 Å². The number of hydrogen-bond acceptors (Lipinski definition) is 2. The molecule has 1 N–H and O–H groups in total. The molecule has 0 radical (unpaired) electrons. The highest BCUT2D eigenvalue weighted by atomic mass is 35.5. The Hall–Kier alpha value is -1.11. The Kier molecular flexibility index (Phi) is 4.92. The first-order chi connectivity index (χ1) is 7.94. The molecular weight excluding hydrogens is 239 g/mol. The third kappa shape index (κ3) is 4.72. The maximum atomic E-state index is 12.9.